The first kappa shape index (κ1) is 20.9. The Balaban J connectivity index is 1.54. The highest BCUT2D eigenvalue weighted by Crippen LogP contribution is 2.28. The van der Waals surface area contributed by atoms with Crippen LogP contribution in [-0.4, -0.2) is 37.0 Å². The van der Waals surface area contributed by atoms with E-state index in [0.29, 0.717) is 37.9 Å². The number of rotatable bonds is 4. The van der Waals surface area contributed by atoms with Gasteiger partial charge in [-0.3, -0.25) is 9.69 Å². The third-order valence-electron chi connectivity index (χ3n) is 5.08. The van der Waals surface area contributed by atoms with E-state index < -0.39 is 11.7 Å². The van der Waals surface area contributed by atoms with Crippen LogP contribution in [0.5, 0.6) is 0 Å². The number of anilines is 1. The molecule has 154 valence electrons. The number of hydrogen-bond donors (Lipinski definition) is 0. The molecule has 0 saturated carbocycles. The van der Waals surface area contributed by atoms with E-state index in [1.54, 1.807) is 11.0 Å². The number of H-pyrrole nitrogens is 1. The molecule has 1 aliphatic heterocycles. The summed E-state index contributed by atoms with van der Waals surface area (Å²) < 4.78 is 38.0. The summed E-state index contributed by atoms with van der Waals surface area (Å²) >= 11 is 0. The molecule has 1 amide bonds. The maximum atomic E-state index is 12.7. The number of carbonyl (C=O) groups excluding carboxylic acids is 1. The number of pyridine rings is 1. The number of alkyl halides is 3. The Bertz CT molecular complexity index is 850. The Hall–Kier alpha value is -2.83. The molecule has 7 heteroatoms. The number of hydrogen-bond acceptors (Lipinski definition) is 2. The van der Waals surface area contributed by atoms with Gasteiger partial charge in [-0.15, -0.1) is 0 Å². The summed E-state index contributed by atoms with van der Waals surface area (Å²) in [7, 11) is 0. The van der Waals surface area contributed by atoms with Crippen LogP contribution >= 0.6 is 0 Å². The summed E-state index contributed by atoms with van der Waals surface area (Å²) in [4.78, 5) is 18.8. The van der Waals surface area contributed by atoms with E-state index >= 15 is 0 Å². The lowest BCUT2D eigenvalue weighted by Crippen LogP contribution is -2.49. The molecular weight excluding hydrogens is 379 g/mol. The van der Waals surface area contributed by atoms with Gasteiger partial charge in [0.15, 0.2) is 0 Å². The van der Waals surface area contributed by atoms with Gasteiger partial charge in [0.05, 0.1) is 18.7 Å². The summed E-state index contributed by atoms with van der Waals surface area (Å²) in [5.41, 5.74) is 1.52. The highest BCUT2D eigenvalue weighted by molar-refractivity contribution is 5.92. The van der Waals surface area contributed by atoms with Gasteiger partial charge < -0.3 is 4.90 Å². The SMILES string of the molecule is CC(C)c1ccc(/C=C/C(=O)N2CCN(c3ccc(C(F)(F)F)c[nH+]3)CC2)cc1. The van der Waals surface area contributed by atoms with E-state index in [-0.39, 0.29) is 5.91 Å². The molecule has 0 radical (unpaired) electrons. The smallest absolute Gasteiger partial charge is 0.331 e. The van der Waals surface area contributed by atoms with E-state index in [1.807, 2.05) is 23.1 Å². The molecule has 1 N–H and O–H groups in total. The van der Waals surface area contributed by atoms with Gasteiger partial charge in [-0.05, 0) is 29.2 Å². The average Bonchev–Trinajstić information content (AvgIpc) is 2.72. The Morgan fingerprint density at radius 2 is 1.69 bits per heavy atom. The Labute approximate surface area is 168 Å². The van der Waals surface area contributed by atoms with Crippen LogP contribution in [0.15, 0.2) is 48.7 Å². The van der Waals surface area contributed by atoms with Crippen LogP contribution in [-0.2, 0) is 11.0 Å². The van der Waals surface area contributed by atoms with Crippen LogP contribution in [0.1, 0.15) is 36.5 Å². The lowest BCUT2D eigenvalue weighted by Gasteiger charge is -2.30. The van der Waals surface area contributed by atoms with Crippen LogP contribution in [0.4, 0.5) is 19.0 Å². The van der Waals surface area contributed by atoms with Crippen LogP contribution < -0.4 is 9.88 Å². The van der Waals surface area contributed by atoms with E-state index in [0.717, 1.165) is 17.8 Å². The van der Waals surface area contributed by atoms with Crippen molar-refractivity contribution in [2.75, 3.05) is 31.1 Å². The Kier molecular flexibility index (Phi) is 6.25. The zero-order valence-corrected chi connectivity index (χ0v) is 16.5. The van der Waals surface area contributed by atoms with Gasteiger partial charge in [-0.2, -0.15) is 13.2 Å². The van der Waals surface area contributed by atoms with Crippen molar-refractivity contribution in [1.29, 1.82) is 0 Å². The molecular formula is C22H25F3N3O+. The van der Waals surface area contributed by atoms with Gasteiger partial charge in [0.1, 0.15) is 19.3 Å². The highest BCUT2D eigenvalue weighted by Gasteiger charge is 2.32. The number of aromatic amines is 1. The van der Waals surface area contributed by atoms with Crippen molar-refractivity contribution in [3.05, 3.63) is 65.4 Å². The van der Waals surface area contributed by atoms with Crippen LogP contribution in [0.2, 0.25) is 0 Å². The fourth-order valence-electron chi connectivity index (χ4n) is 3.22. The largest absolute Gasteiger partial charge is 0.419 e. The first-order chi connectivity index (χ1) is 13.7. The summed E-state index contributed by atoms with van der Waals surface area (Å²) in [5.74, 6) is 1.02. The van der Waals surface area contributed by atoms with Crippen LogP contribution in [0.3, 0.4) is 0 Å². The number of piperazine rings is 1. The standard InChI is InChI=1S/C22H24F3N3O/c1-16(2)18-6-3-17(4-7-18)5-10-21(29)28-13-11-27(12-14-28)20-9-8-19(15-26-20)22(23,24)25/h3-10,15-16H,11-14H2,1-2H3/p+1/b10-5+. The van der Waals surface area contributed by atoms with Crippen molar-refractivity contribution in [1.82, 2.24) is 4.90 Å². The van der Waals surface area contributed by atoms with Gasteiger partial charge >= 0.3 is 6.18 Å². The summed E-state index contributed by atoms with van der Waals surface area (Å²) in [6.45, 7) is 6.43. The second kappa shape index (κ2) is 8.68. The lowest BCUT2D eigenvalue weighted by molar-refractivity contribution is -0.367. The number of amides is 1. The minimum Gasteiger partial charge on any atom is -0.331 e. The van der Waals surface area contributed by atoms with Gasteiger partial charge in [0.25, 0.3) is 5.82 Å². The predicted octanol–water partition coefficient (Wildman–Crippen LogP) is 4.00. The molecule has 0 bridgehead atoms. The molecule has 0 aliphatic carbocycles. The molecule has 1 fully saturated rings. The van der Waals surface area contributed by atoms with Gasteiger partial charge in [0.2, 0.25) is 5.91 Å². The molecule has 1 aliphatic rings. The normalized spacial score (nSPS) is 15.4. The average molecular weight is 404 g/mol. The molecule has 1 saturated heterocycles. The van der Waals surface area contributed by atoms with E-state index in [1.165, 1.54) is 11.6 Å². The zero-order chi connectivity index (χ0) is 21.0. The molecule has 4 nitrogen and oxygen atoms in total. The van der Waals surface area contributed by atoms with Crippen LogP contribution in [0.25, 0.3) is 6.08 Å². The first-order valence-corrected chi connectivity index (χ1v) is 9.65. The van der Waals surface area contributed by atoms with Crippen molar-refractivity contribution >= 4 is 17.8 Å². The molecule has 2 aromatic rings. The molecule has 2 heterocycles. The topological polar surface area (TPSA) is 37.7 Å². The van der Waals surface area contributed by atoms with Gasteiger partial charge in [0, 0.05) is 12.1 Å². The van der Waals surface area contributed by atoms with Gasteiger partial charge in [-0.25, -0.2) is 4.98 Å². The minimum atomic E-state index is -4.36. The molecule has 0 unspecified atom stereocenters. The Morgan fingerprint density at radius 1 is 1.03 bits per heavy atom. The number of nitrogens with one attached hydrogen (secondary N) is 1. The number of carbonyl (C=O) groups is 1. The van der Waals surface area contributed by atoms with E-state index in [4.69, 9.17) is 0 Å². The van der Waals surface area contributed by atoms with Crippen molar-refractivity contribution in [3.8, 4) is 0 Å². The Morgan fingerprint density at radius 3 is 2.21 bits per heavy atom. The third-order valence-corrected chi connectivity index (χ3v) is 5.08. The third kappa shape index (κ3) is 5.37. The lowest BCUT2D eigenvalue weighted by atomic mass is 10.0. The molecule has 0 spiro atoms. The number of benzene rings is 1. The summed E-state index contributed by atoms with van der Waals surface area (Å²) in [6.07, 6.45) is -0.00546. The fourth-order valence-corrected chi connectivity index (χ4v) is 3.22. The van der Waals surface area contributed by atoms with Crippen molar-refractivity contribution in [2.45, 2.75) is 25.9 Å². The maximum Gasteiger partial charge on any atom is 0.419 e. The number of nitrogens with zero attached hydrogens (tertiary/aromatic N) is 2. The predicted molar refractivity (Wildman–Crippen MR) is 106 cm³/mol. The second-order valence-corrected chi connectivity index (χ2v) is 7.43. The number of halogens is 3. The zero-order valence-electron chi connectivity index (χ0n) is 16.5. The van der Waals surface area contributed by atoms with Crippen molar-refractivity contribution in [2.24, 2.45) is 0 Å². The quantitative estimate of drug-likeness (QED) is 0.723. The van der Waals surface area contributed by atoms with Crippen molar-refractivity contribution in [3.63, 3.8) is 0 Å². The van der Waals surface area contributed by atoms with E-state index in [2.05, 4.69) is 31.0 Å². The maximum absolute atomic E-state index is 12.7. The van der Waals surface area contributed by atoms with Crippen molar-refractivity contribution < 1.29 is 22.9 Å². The molecule has 29 heavy (non-hydrogen) atoms. The monoisotopic (exact) mass is 404 g/mol. The minimum absolute atomic E-state index is 0.0611. The summed E-state index contributed by atoms with van der Waals surface area (Å²) in [5, 5.41) is 0. The molecule has 1 aromatic carbocycles. The first-order valence-electron chi connectivity index (χ1n) is 9.65. The highest BCUT2D eigenvalue weighted by atomic mass is 19.4. The summed E-state index contributed by atoms with van der Waals surface area (Å²) in [6, 6.07) is 10.6. The van der Waals surface area contributed by atoms with E-state index in [9.17, 15) is 18.0 Å². The number of aromatic nitrogens is 1. The second-order valence-electron chi connectivity index (χ2n) is 7.43. The molecule has 0 atom stereocenters. The van der Waals surface area contributed by atoms with Gasteiger partial charge in [-0.1, -0.05) is 38.1 Å². The molecule has 3 rings (SSSR count). The van der Waals surface area contributed by atoms with Crippen LogP contribution in [0, 0.1) is 0 Å². The molecule has 1 aromatic heterocycles. The fraction of sp³-hybridized carbons (Fsp3) is 0.364.